The van der Waals surface area contributed by atoms with Crippen LogP contribution < -0.4 is 5.73 Å². The summed E-state index contributed by atoms with van der Waals surface area (Å²) in [7, 11) is 0. The molecule has 3 aromatic rings. The Labute approximate surface area is 121 Å². The van der Waals surface area contributed by atoms with E-state index in [1.807, 2.05) is 48.1 Å². The lowest BCUT2D eigenvalue weighted by atomic mass is 10.2. The molecule has 3 rings (SSSR count). The van der Waals surface area contributed by atoms with Crippen molar-refractivity contribution in [2.75, 3.05) is 5.73 Å². The molecule has 0 amide bonds. The fourth-order valence-corrected chi connectivity index (χ4v) is 2.64. The third-order valence-corrected chi connectivity index (χ3v) is 3.94. The van der Waals surface area contributed by atoms with Gasteiger partial charge >= 0.3 is 0 Å². The van der Waals surface area contributed by atoms with Crippen molar-refractivity contribution in [1.29, 1.82) is 0 Å². The van der Waals surface area contributed by atoms with E-state index in [1.54, 1.807) is 16.0 Å². The van der Waals surface area contributed by atoms with Crippen LogP contribution in [0.3, 0.4) is 0 Å². The summed E-state index contributed by atoms with van der Waals surface area (Å²) < 4.78 is 1.60. The molecule has 4 nitrogen and oxygen atoms in total. The smallest absolute Gasteiger partial charge is 0.221 e. The molecule has 0 radical (unpaired) electrons. The molecular weight excluding hydrogens is 268 g/mol. The first-order valence-electron chi connectivity index (χ1n) is 6.23. The number of hydrogen-bond acceptors (Lipinski definition) is 4. The lowest BCUT2D eigenvalue weighted by Gasteiger charge is -1.94. The number of imidazole rings is 1. The number of rotatable bonds is 3. The maximum atomic E-state index is 5.90. The van der Waals surface area contributed by atoms with Crippen LogP contribution in [0.2, 0.25) is 0 Å². The minimum absolute atomic E-state index is 0.384. The number of nitrogens with zero attached hydrogens (tertiary/aromatic N) is 3. The fourth-order valence-electron chi connectivity index (χ4n) is 1.86. The van der Waals surface area contributed by atoms with Gasteiger partial charge < -0.3 is 5.73 Å². The molecule has 1 aromatic carbocycles. The molecule has 0 aliphatic heterocycles. The van der Waals surface area contributed by atoms with Crippen molar-refractivity contribution in [2.24, 2.45) is 5.10 Å². The van der Waals surface area contributed by atoms with E-state index in [0.29, 0.717) is 5.95 Å². The van der Waals surface area contributed by atoms with Gasteiger partial charge in [-0.15, -0.1) is 11.3 Å². The van der Waals surface area contributed by atoms with Crippen molar-refractivity contribution in [3.8, 4) is 11.3 Å². The Morgan fingerprint density at radius 3 is 2.75 bits per heavy atom. The van der Waals surface area contributed by atoms with E-state index in [-0.39, 0.29) is 0 Å². The third kappa shape index (κ3) is 2.48. The van der Waals surface area contributed by atoms with Crippen LogP contribution in [0, 0.1) is 6.92 Å². The van der Waals surface area contributed by atoms with Crippen LogP contribution in [0.4, 0.5) is 5.95 Å². The molecule has 100 valence electrons. The van der Waals surface area contributed by atoms with Crippen molar-refractivity contribution >= 4 is 23.5 Å². The summed E-state index contributed by atoms with van der Waals surface area (Å²) in [5.41, 5.74) is 8.96. The van der Waals surface area contributed by atoms with Gasteiger partial charge in [-0.1, -0.05) is 30.3 Å². The highest BCUT2D eigenvalue weighted by atomic mass is 32.1. The van der Waals surface area contributed by atoms with Gasteiger partial charge in [-0.25, -0.2) is 9.66 Å². The fraction of sp³-hybridized carbons (Fsp3) is 0.0667. The third-order valence-electron chi connectivity index (χ3n) is 2.98. The number of benzene rings is 1. The molecule has 0 aliphatic rings. The highest BCUT2D eigenvalue weighted by molar-refractivity contribution is 7.11. The molecule has 0 atom stereocenters. The van der Waals surface area contributed by atoms with E-state index >= 15 is 0 Å². The number of thiophene rings is 1. The van der Waals surface area contributed by atoms with Gasteiger partial charge in [0.1, 0.15) is 0 Å². The van der Waals surface area contributed by atoms with E-state index in [1.165, 1.54) is 5.56 Å². The predicted molar refractivity (Wildman–Crippen MR) is 84.1 cm³/mol. The van der Waals surface area contributed by atoms with Crippen molar-refractivity contribution in [3.05, 3.63) is 58.4 Å². The van der Waals surface area contributed by atoms with Gasteiger partial charge in [0.2, 0.25) is 5.95 Å². The molecule has 0 spiro atoms. The molecule has 2 N–H and O–H groups in total. The first-order valence-corrected chi connectivity index (χ1v) is 7.11. The first-order chi connectivity index (χ1) is 9.74. The Balaban J connectivity index is 1.90. The van der Waals surface area contributed by atoms with Gasteiger partial charge in [-0.3, -0.25) is 0 Å². The van der Waals surface area contributed by atoms with Crippen LogP contribution in [0.5, 0.6) is 0 Å². The topological polar surface area (TPSA) is 56.2 Å². The van der Waals surface area contributed by atoms with Crippen molar-refractivity contribution in [1.82, 2.24) is 9.66 Å². The highest BCUT2D eigenvalue weighted by Gasteiger charge is 2.05. The van der Waals surface area contributed by atoms with Crippen LogP contribution in [0.25, 0.3) is 11.3 Å². The molecule has 2 aromatic heterocycles. The molecule has 0 saturated heterocycles. The second-order valence-corrected chi connectivity index (χ2v) is 5.36. The summed E-state index contributed by atoms with van der Waals surface area (Å²) in [4.78, 5) is 5.46. The Morgan fingerprint density at radius 2 is 2.05 bits per heavy atom. The van der Waals surface area contributed by atoms with E-state index in [0.717, 1.165) is 16.1 Å². The number of aryl methyl sites for hydroxylation is 1. The molecule has 2 heterocycles. The second-order valence-electron chi connectivity index (χ2n) is 4.41. The van der Waals surface area contributed by atoms with E-state index in [4.69, 9.17) is 5.73 Å². The highest BCUT2D eigenvalue weighted by Crippen LogP contribution is 2.19. The predicted octanol–water partition coefficient (Wildman–Crippen LogP) is 3.38. The van der Waals surface area contributed by atoms with Crippen molar-refractivity contribution < 1.29 is 0 Å². The molecule has 0 fully saturated rings. The maximum absolute atomic E-state index is 5.90. The van der Waals surface area contributed by atoms with Gasteiger partial charge in [0.25, 0.3) is 0 Å². The summed E-state index contributed by atoms with van der Waals surface area (Å²) in [5, 5.41) is 6.41. The van der Waals surface area contributed by atoms with Gasteiger partial charge in [0.15, 0.2) is 0 Å². The van der Waals surface area contributed by atoms with E-state index < -0.39 is 0 Å². The number of aromatic nitrogens is 2. The minimum Gasteiger partial charge on any atom is -0.368 e. The van der Waals surface area contributed by atoms with Crippen LogP contribution in [-0.4, -0.2) is 15.9 Å². The normalized spacial score (nSPS) is 11.2. The summed E-state index contributed by atoms with van der Waals surface area (Å²) in [6, 6.07) is 12.0. The zero-order valence-corrected chi connectivity index (χ0v) is 11.8. The van der Waals surface area contributed by atoms with Crippen LogP contribution >= 0.6 is 11.3 Å². The molecule has 0 saturated carbocycles. The van der Waals surface area contributed by atoms with Gasteiger partial charge in [-0.05, 0) is 23.9 Å². The Hall–Kier alpha value is -2.40. The second kappa shape index (κ2) is 5.30. The van der Waals surface area contributed by atoms with Crippen LogP contribution in [0.15, 0.2) is 53.1 Å². The molecule has 0 unspecified atom stereocenters. The maximum Gasteiger partial charge on any atom is 0.221 e. The molecular formula is C15H14N4S. The van der Waals surface area contributed by atoms with Crippen molar-refractivity contribution in [3.63, 3.8) is 0 Å². The summed E-state index contributed by atoms with van der Waals surface area (Å²) in [5.74, 6) is 0.384. The quantitative estimate of drug-likeness (QED) is 0.749. The lowest BCUT2D eigenvalue weighted by Crippen LogP contribution is -1.96. The van der Waals surface area contributed by atoms with Gasteiger partial charge in [0.05, 0.1) is 23.0 Å². The van der Waals surface area contributed by atoms with Gasteiger partial charge in [-0.2, -0.15) is 5.10 Å². The van der Waals surface area contributed by atoms with E-state index in [2.05, 4.69) is 23.1 Å². The van der Waals surface area contributed by atoms with Crippen LogP contribution in [0.1, 0.15) is 10.4 Å². The van der Waals surface area contributed by atoms with Crippen LogP contribution in [-0.2, 0) is 0 Å². The lowest BCUT2D eigenvalue weighted by molar-refractivity contribution is 0.898. The summed E-state index contributed by atoms with van der Waals surface area (Å²) in [6.45, 7) is 2.06. The largest absolute Gasteiger partial charge is 0.368 e. The minimum atomic E-state index is 0.384. The van der Waals surface area contributed by atoms with E-state index in [9.17, 15) is 0 Å². The van der Waals surface area contributed by atoms with Gasteiger partial charge in [0, 0.05) is 5.56 Å². The Kier molecular flexibility index (Phi) is 3.35. The summed E-state index contributed by atoms with van der Waals surface area (Å²) in [6.07, 6.45) is 3.65. The standard InChI is InChI=1S/C15H14N4S/c1-11-7-8-20-14(11)9-17-19-10-13(18-15(19)16)12-5-3-2-4-6-12/h2-10H,1H3,(H2,16,18)/b17-9-. The SMILES string of the molecule is Cc1ccsc1/C=N\n1cc(-c2ccccc2)nc1N. The monoisotopic (exact) mass is 282 g/mol. The zero-order chi connectivity index (χ0) is 13.9. The number of hydrogen-bond donors (Lipinski definition) is 1. The average molecular weight is 282 g/mol. The molecule has 0 aliphatic carbocycles. The molecule has 5 heteroatoms. The number of anilines is 1. The number of nitrogens with two attached hydrogens (primary N) is 1. The molecule has 20 heavy (non-hydrogen) atoms. The Morgan fingerprint density at radius 1 is 1.25 bits per heavy atom. The van der Waals surface area contributed by atoms with Crippen molar-refractivity contribution in [2.45, 2.75) is 6.92 Å². The molecule has 0 bridgehead atoms. The average Bonchev–Trinajstić information content (AvgIpc) is 3.04. The first kappa shape index (κ1) is 12.6. The zero-order valence-electron chi connectivity index (χ0n) is 11.0. The Bertz CT molecular complexity index is 740. The summed E-state index contributed by atoms with van der Waals surface area (Å²) >= 11 is 1.65. The number of nitrogen functional groups attached to an aromatic ring is 1.